The third-order valence-corrected chi connectivity index (χ3v) is 1.37. The van der Waals surface area contributed by atoms with Gasteiger partial charge in [0.05, 0.1) is 6.26 Å². The molecule has 0 aliphatic heterocycles. The van der Waals surface area contributed by atoms with Gasteiger partial charge in [-0.15, -0.1) is 0 Å². The molecule has 58 valence electrons. The summed E-state index contributed by atoms with van der Waals surface area (Å²) in [5.41, 5.74) is 7.78. The van der Waals surface area contributed by atoms with Crippen LogP contribution in [0.3, 0.4) is 0 Å². The fourth-order valence-corrected chi connectivity index (χ4v) is 0.788. The second-order valence-corrected chi connectivity index (χ2v) is 3.45. The highest BCUT2D eigenvalue weighted by Gasteiger charge is 1.96. The molecule has 7 heteroatoms. The van der Waals surface area contributed by atoms with E-state index in [1.807, 2.05) is 0 Å². The first-order valence-corrected chi connectivity index (χ1v) is 4.41. The van der Waals surface area contributed by atoms with Crippen molar-refractivity contribution < 1.29 is 8.42 Å². The quantitative estimate of drug-likeness (QED) is 0.270. The standard InChI is InChI=1S/C3H8N4O2S/c1-10(8,9)6-3-2-5-7-4/h6H,2-3H2,1H3. The van der Waals surface area contributed by atoms with Gasteiger partial charge < -0.3 is 0 Å². The Labute approximate surface area is 58.9 Å². The van der Waals surface area contributed by atoms with Crippen molar-refractivity contribution >= 4 is 10.0 Å². The van der Waals surface area contributed by atoms with Gasteiger partial charge in [0.1, 0.15) is 0 Å². The van der Waals surface area contributed by atoms with E-state index >= 15 is 0 Å². The molecule has 0 heterocycles. The van der Waals surface area contributed by atoms with Gasteiger partial charge in [0.25, 0.3) is 0 Å². The SMILES string of the molecule is CS(=O)(=O)NCCN=[N+]=[N-]. The summed E-state index contributed by atoms with van der Waals surface area (Å²) in [7, 11) is -3.14. The molecule has 0 aliphatic rings. The van der Waals surface area contributed by atoms with Gasteiger partial charge in [0, 0.05) is 18.0 Å². The van der Waals surface area contributed by atoms with Gasteiger partial charge in [-0.2, -0.15) is 0 Å². The van der Waals surface area contributed by atoms with E-state index in [1.165, 1.54) is 0 Å². The summed E-state index contributed by atoms with van der Waals surface area (Å²) >= 11 is 0. The summed E-state index contributed by atoms with van der Waals surface area (Å²) < 4.78 is 22.9. The van der Waals surface area contributed by atoms with E-state index in [0.717, 1.165) is 6.26 Å². The van der Waals surface area contributed by atoms with Crippen LogP contribution in [0.2, 0.25) is 0 Å². The van der Waals surface area contributed by atoms with Crippen molar-refractivity contribution in [1.82, 2.24) is 4.72 Å². The molecule has 1 N–H and O–H groups in total. The lowest BCUT2D eigenvalue weighted by Crippen LogP contribution is -2.24. The molecule has 0 aromatic rings. The molecule has 0 saturated heterocycles. The maximum absolute atomic E-state index is 10.3. The van der Waals surface area contributed by atoms with Crippen molar-refractivity contribution in [3.8, 4) is 0 Å². The van der Waals surface area contributed by atoms with E-state index < -0.39 is 10.0 Å². The Kier molecular flexibility index (Phi) is 3.78. The predicted molar refractivity (Wildman–Crippen MR) is 36.9 cm³/mol. The summed E-state index contributed by atoms with van der Waals surface area (Å²) in [6.45, 7) is 0.298. The molecule has 10 heavy (non-hydrogen) atoms. The maximum Gasteiger partial charge on any atom is 0.208 e. The average molecular weight is 164 g/mol. The predicted octanol–water partition coefficient (Wildman–Crippen LogP) is -0.154. The van der Waals surface area contributed by atoms with Crippen molar-refractivity contribution in [2.75, 3.05) is 19.3 Å². The van der Waals surface area contributed by atoms with Crippen LogP contribution >= 0.6 is 0 Å². The Morgan fingerprint density at radius 3 is 2.70 bits per heavy atom. The molecular formula is C3H8N4O2S. The van der Waals surface area contributed by atoms with E-state index in [4.69, 9.17) is 5.53 Å². The molecule has 0 unspecified atom stereocenters. The number of nitrogens with zero attached hydrogens (tertiary/aromatic N) is 3. The number of rotatable bonds is 4. The monoisotopic (exact) mass is 164 g/mol. The van der Waals surface area contributed by atoms with Crippen LogP contribution in [0.15, 0.2) is 5.11 Å². The number of sulfonamides is 1. The Hall–Kier alpha value is -0.780. The molecule has 0 amide bonds. The van der Waals surface area contributed by atoms with Crippen molar-refractivity contribution in [1.29, 1.82) is 0 Å². The molecule has 0 atom stereocenters. The van der Waals surface area contributed by atoms with E-state index in [1.54, 1.807) is 0 Å². The third kappa shape index (κ3) is 7.22. The van der Waals surface area contributed by atoms with Crippen LogP contribution in [-0.4, -0.2) is 27.8 Å². The Morgan fingerprint density at radius 2 is 2.30 bits per heavy atom. The van der Waals surface area contributed by atoms with Crippen molar-refractivity contribution in [3.05, 3.63) is 10.4 Å². The van der Waals surface area contributed by atoms with Gasteiger partial charge in [0.15, 0.2) is 0 Å². The highest BCUT2D eigenvalue weighted by atomic mass is 32.2. The van der Waals surface area contributed by atoms with Crippen molar-refractivity contribution in [3.63, 3.8) is 0 Å². The summed E-state index contributed by atoms with van der Waals surface area (Å²) in [6, 6.07) is 0. The second kappa shape index (κ2) is 4.10. The van der Waals surface area contributed by atoms with Crippen molar-refractivity contribution in [2.45, 2.75) is 0 Å². The highest BCUT2D eigenvalue weighted by Crippen LogP contribution is 1.73. The normalized spacial score (nSPS) is 10.5. The van der Waals surface area contributed by atoms with Crippen LogP contribution in [0.4, 0.5) is 0 Å². The fourth-order valence-electron chi connectivity index (χ4n) is 0.326. The molecular weight excluding hydrogens is 156 g/mol. The first-order valence-electron chi connectivity index (χ1n) is 2.52. The summed E-state index contributed by atoms with van der Waals surface area (Å²) in [6.07, 6.45) is 1.04. The van der Waals surface area contributed by atoms with E-state index in [0.29, 0.717) is 0 Å². The second-order valence-electron chi connectivity index (χ2n) is 1.62. The fraction of sp³-hybridized carbons (Fsp3) is 1.00. The zero-order valence-corrected chi connectivity index (χ0v) is 6.30. The lowest BCUT2D eigenvalue weighted by atomic mass is 10.7. The van der Waals surface area contributed by atoms with Gasteiger partial charge in [-0.3, -0.25) is 0 Å². The van der Waals surface area contributed by atoms with Gasteiger partial charge in [-0.05, 0) is 5.53 Å². The molecule has 0 aliphatic carbocycles. The minimum Gasteiger partial charge on any atom is -0.215 e. The molecule has 0 bridgehead atoms. The van der Waals surface area contributed by atoms with Gasteiger partial charge in [0.2, 0.25) is 10.0 Å². The smallest absolute Gasteiger partial charge is 0.208 e. The number of nitrogens with one attached hydrogen (secondary N) is 1. The minimum atomic E-state index is -3.14. The number of azide groups is 1. The lowest BCUT2D eigenvalue weighted by Gasteiger charge is -1.95. The molecule has 0 saturated carbocycles. The molecule has 0 aromatic heterocycles. The Bertz CT molecular complexity index is 227. The van der Waals surface area contributed by atoms with Crippen LogP contribution in [-0.2, 0) is 10.0 Å². The lowest BCUT2D eigenvalue weighted by molar-refractivity contribution is 0.588. The van der Waals surface area contributed by atoms with Crippen LogP contribution < -0.4 is 4.72 Å². The first kappa shape index (κ1) is 9.22. The Morgan fingerprint density at radius 1 is 1.70 bits per heavy atom. The van der Waals surface area contributed by atoms with Crippen LogP contribution in [0.1, 0.15) is 0 Å². The number of hydrogen-bond acceptors (Lipinski definition) is 3. The zero-order valence-electron chi connectivity index (χ0n) is 5.48. The highest BCUT2D eigenvalue weighted by molar-refractivity contribution is 7.88. The summed E-state index contributed by atoms with van der Waals surface area (Å²) in [4.78, 5) is 2.45. The topological polar surface area (TPSA) is 94.9 Å². The maximum atomic E-state index is 10.3. The van der Waals surface area contributed by atoms with Gasteiger partial charge in [-0.25, -0.2) is 13.1 Å². The minimum absolute atomic E-state index is 0.142. The molecule has 0 fully saturated rings. The van der Waals surface area contributed by atoms with Crippen LogP contribution in [0.5, 0.6) is 0 Å². The largest absolute Gasteiger partial charge is 0.215 e. The first-order chi connectivity index (χ1) is 4.56. The Balaban J connectivity index is 3.48. The van der Waals surface area contributed by atoms with Gasteiger partial charge >= 0.3 is 0 Å². The molecule has 6 nitrogen and oxygen atoms in total. The molecule has 0 spiro atoms. The average Bonchev–Trinajstić information content (AvgIpc) is 1.78. The molecule has 0 radical (unpaired) electrons. The molecule has 0 aromatic carbocycles. The third-order valence-electron chi connectivity index (χ3n) is 0.639. The van der Waals surface area contributed by atoms with E-state index in [-0.39, 0.29) is 13.1 Å². The molecule has 0 rings (SSSR count). The summed E-state index contributed by atoms with van der Waals surface area (Å²) in [5, 5.41) is 3.13. The van der Waals surface area contributed by atoms with Crippen LogP contribution in [0, 0.1) is 0 Å². The van der Waals surface area contributed by atoms with E-state index in [2.05, 4.69) is 14.7 Å². The van der Waals surface area contributed by atoms with E-state index in [9.17, 15) is 8.42 Å². The number of hydrogen-bond donors (Lipinski definition) is 1. The zero-order chi connectivity index (χ0) is 8.04. The van der Waals surface area contributed by atoms with Gasteiger partial charge in [-0.1, -0.05) is 5.11 Å². The van der Waals surface area contributed by atoms with Crippen molar-refractivity contribution in [2.24, 2.45) is 5.11 Å². The summed E-state index contributed by atoms with van der Waals surface area (Å²) in [5.74, 6) is 0. The van der Waals surface area contributed by atoms with Crippen LogP contribution in [0.25, 0.3) is 10.4 Å².